The lowest BCUT2D eigenvalue weighted by molar-refractivity contribution is -0.117. The summed E-state index contributed by atoms with van der Waals surface area (Å²) in [5, 5.41) is 4.08. The number of anilines is 1. The van der Waals surface area contributed by atoms with Gasteiger partial charge in [0, 0.05) is 29.1 Å². The monoisotopic (exact) mass is 427 g/mol. The van der Waals surface area contributed by atoms with Crippen LogP contribution < -0.4 is 9.64 Å². The number of carbonyl (C=O) groups excluding carboxylic acids is 1. The van der Waals surface area contributed by atoms with Gasteiger partial charge in [0.2, 0.25) is 17.6 Å². The highest BCUT2D eigenvalue weighted by Crippen LogP contribution is 2.35. The molecular weight excluding hydrogens is 410 g/mol. The largest absolute Gasteiger partial charge is 0.497 e. The zero-order valence-electron chi connectivity index (χ0n) is 15.0. The second kappa shape index (κ2) is 7.15. The number of ether oxygens (including phenoxy) is 1. The fraction of sp³-hybridized carbons (Fsp3) is 0.250. The Morgan fingerprint density at radius 2 is 2.11 bits per heavy atom. The van der Waals surface area contributed by atoms with Gasteiger partial charge in [-0.05, 0) is 30.7 Å². The number of hydrogen-bond acceptors (Lipinski definition) is 5. The SMILES string of the molecule is COc1ccc(C)c(N2CC(c3nc(-c4cccc(Br)c4)no3)CC2=O)c1. The predicted molar refractivity (Wildman–Crippen MR) is 105 cm³/mol. The van der Waals surface area contributed by atoms with Gasteiger partial charge in [-0.2, -0.15) is 4.98 Å². The molecule has 4 rings (SSSR count). The van der Waals surface area contributed by atoms with Crippen molar-refractivity contribution in [2.24, 2.45) is 0 Å². The summed E-state index contributed by atoms with van der Waals surface area (Å²) in [6.07, 6.45) is 0.344. The molecule has 1 aliphatic heterocycles. The molecule has 1 atom stereocenters. The molecule has 1 saturated heterocycles. The molecule has 0 spiro atoms. The molecule has 0 aliphatic carbocycles. The molecular formula is C20H18BrN3O3. The smallest absolute Gasteiger partial charge is 0.232 e. The Kier molecular flexibility index (Phi) is 4.70. The maximum Gasteiger partial charge on any atom is 0.232 e. The standard InChI is InChI=1S/C20H18BrN3O3/c1-12-6-7-16(26-2)10-17(12)24-11-14(9-18(24)25)20-22-19(23-27-20)13-4-3-5-15(21)8-13/h3-8,10,14H,9,11H2,1-2H3. The van der Waals surface area contributed by atoms with Crippen LogP contribution >= 0.6 is 15.9 Å². The highest BCUT2D eigenvalue weighted by molar-refractivity contribution is 9.10. The average Bonchev–Trinajstić information content (AvgIpc) is 3.29. The summed E-state index contributed by atoms with van der Waals surface area (Å²) >= 11 is 3.44. The van der Waals surface area contributed by atoms with Gasteiger partial charge in [-0.15, -0.1) is 0 Å². The molecule has 3 aromatic rings. The van der Waals surface area contributed by atoms with E-state index in [4.69, 9.17) is 9.26 Å². The summed E-state index contributed by atoms with van der Waals surface area (Å²) in [6, 6.07) is 13.4. The van der Waals surface area contributed by atoms with E-state index in [2.05, 4.69) is 26.1 Å². The minimum absolute atomic E-state index is 0.0403. The van der Waals surface area contributed by atoms with Crippen molar-refractivity contribution < 1.29 is 14.1 Å². The van der Waals surface area contributed by atoms with Crippen molar-refractivity contribution >= 4 is 27.5 Å². The molecule has 6 nitrogen and oxygen atoms in total. The van der Waals surface area contributed by atoms with Gasteiger partial charge in [0.05, 0.1) is 18.7 Å². The van der Waals surface area contributed by atoms with Crippen molar-refractivity contribution in [2.75, 3.05) is 18.6 Å². The number of methoxy groups -OCH3 is 1. The van der Waals surface area contributed by atoms with Crippen molar-refractivity contribution in [3.63, 3.8) is 0 Å². The van der Waals surface area contributed by atoms with E-state index >= 15 is 0 Å². The number of aryl methyl sites for hydroxylation is 1. The van der Waals surface area contributed by atoms with E-state index in [1.54, 1.807) is 12.0 Å². The van der Waals surface area contributed by atoms with Crippen molar-refractivity contribution in [1.29, 1.82) is 0 Å². The maximum atomic E-state index is 12.6. The lowest BCUT2D eigenvalue weighted by Gasteiger charge is -2.19. The van der Waals surface area contributed by atoms with Gasteiger partial charge in [-0.3, -0.25) is 4.79 Å². The lowest BCUT2D eigenvalue weighted by Crippen LogP contribution is -2.25. The summed E-state index contributed by atoms with van der Waals surface area (Å²) in [5.74, 6) is 1.65. The van der Waals surface area contributed by atoms with Crippen LogP contribution in [0.5, 0.6) is 5.75 Å². The van der Waals surface area contributed by atoms with Gasteiger partial charge in [0.15, 0.2) is 0 Å². The number of rotatable bonds is 4. The second-order valence-corrected chi connectivity index (χ2v) is 7.44. The number of benzene rings is 2. The summed E-state index contributed by atoms with van der Waals surface area (Å²) in [7, 11) is 1.62. The Morgan fingerprint density at radius 3 is 2.89 bits per heavy atom. The fourth-order valence-corrected chi connectivity index (χ4v) is 3.66. The van der Waals surface area contributed by atoms with Gasteiger partial charge in [0.1, 0.15) is 5.75 Å². The summed E-state index contributed by atoms with van der Waals surface area (Å²) in [5.41, 5.74) is 2.74. The second-order valence-electron chi connectivity index (χ2n) is 6.52. The Bertz CT molecular complexity index is 1000. The van der Waals surface area contributed by atoms with Crippen LogP contribution in [0.1, 0.15) is 23.8 Å². The molecule has 0 bridgehead atoms. The quantitative estimate of drug-likeness (QED) is 0.619. The third-order valence-corrected chi connectivity index (χ3v) is 5.20. The summed E-state index contributed by atoms with van der Waals surface area (Å²) in [6.45, 7) is 2.49. The maximum absolute atomic E-state index is 12.6. The fourth-order valence-electron chi connectivity index (χ4n) is 3.26. The van der Waals surface area contributed by atoms with Gasteiger partial charge in [-0.25, -0.2) is 0 Å². The number of halogens is 1. The van der Waals surface area contributed by atoms with Crippen LogP contribution in [-0.4, -0.2) is 29.7 Å². The van der Waals surface area contributed by atoms with Crippen molar-refractivity contribution in [3.05, 3.63) is 58.4 Å². The molecule has 1 fully saturated rings. The minimum Gasteiger partial charge on any atom is -0.497 e. The van der Waals surface area contributed by atoms with E-state index in [-0.39, 0.29) is 11.8 Å². The molecule has 138 valence electrons. The summed E-state index contributed by atoms with van der Waals surface area (Å²) < 4.78 is 11.7. The number of aromatic nitrogens is 2. The van der Waals surface area contributed by atoms with E-state index < -0.39 is 0 Å². The van der Waals surface area contributed by atoms with E-state index in [0.717, 1.165) is 27.0 Å². The molecule has 0 radical (unpaired) electrons. The van der Waals surface area contributed by atoms with E-state index in [9.17, 15) is 4.79 Å². The molecule has 2 aromatic carbocycles. The molecule has 2 heterocycles. The number of hydrogen-bond donors (Lipinski definition) is 0. The molecule has 0 N–H and O–H groups in total. The first kappa shape index (κ1) is 17.7. The van der Waals surface area contributed by atoms with Crippen LogP contribution in [0.25, 0.3) is 11.4 Å². The third kappa shape index (κ3) is 3.47. The molecule has 1 aromatic heterocycles. The Balaban J connectivity index is 1.58. The Hall–Kier alpha value is -2.67. The van der Waals surface area contributed by atoms with Crippen LogP contribution in [0.2, 0.25) is 0 Å². The Morgan fingerprint density at radius 1 is 1.26 bits per heavy atom. The highest BCUT2D eigenvalue weighted by atomic mass is 79.9. The molecule has 0 saturated carbocycles. The molecule has 7 heteroatoms. The van der Waals surface area contributed by atoms with Gasteiger partial charge in [0.25, 0.3) is 0 Å². The topological polar surface area (TPSA) is 68.5 Å². The lowest BCUT2D eigenvalue weighted by atomic mass is 10.1. The molecule has 1 unspecified atom stereocenters. The minimum atomic E-state index is -0.128. The predicted octanol–water partition coefficient (Wildman–Crippen LogP) is 4.34. The first-order valence-electron chi connectivity index (χ1n) is 8.59. The Labute approximate surface area is 165 Å². The molecule has 1 aliphatic rings. The van der Waals surface area contributed by atoms with Crippen LogP contribution in [0.15, 0.2) is 51.5 Å². The van der Waals surface area contributed by atoms with Gasteiger partial charge in [-0.1, -0.05) is 39.3 Å². The number of amides is 1. The van der Waals surface area contributed by atoms with E-state index in [0.29, 0.717) is 24.7 Å². The highest BCUT2D eigenvalue weighted by Gasteiger charge is 2.36. The normalized spacial score (nSPS) is 16.8. The van der Waals surface area contributed by atoms with Gasteiger partial charge < -0.3 is 14.2 Å². The molecule has 27 heavy (non-hydrogen) atoms. The first-order valence-corrected chi connectivity index (χ1v) is 9.39. The van der Waals surface area contributed by atoms with Crippen molar-refractivity contribution in [3.8, 4) is 17.1 Å². The van der Waals surface area contributed by atoms with Crippen LogP contribution in [0, 0.1) is 6.92 Å². The number of nitrogens with zero attached hydrogens (tertiary/aromatic N) is 3. The third-order valence-electron chi connectivity index (χ3n) is 4.71. The zero-order valence-corrected chi connectivity index (χ0v) is 16.6. The van der Waals surface area contributed by atoms with Crippen LogP contribution in [-0.2, 0) is 4.79 Å². The summed E-state index contributed by atoms with van der Waals surface area (Å²) in [4.78, 5) is 18.9. The van der Waals surface area contributed by atoms with E-state index in [1.807, 2.05) is 49.4 Å². The average molecular weight is 428 g/mol. The van der Waals surface area contributed by atoms with Gasteiger partial charge >= 0.3 is 0 Å². The van der Waals surface area contributed by atoms with Crippen LogP contribution in [0.3, 0.4) is 0 Å². The van der Waals surface area contributed by atoms with E-state index in [1.165, 1.54) is 0 Å². The van der Waals surface area contributed by atoms with Crippen LogP contribution in [0.4, 0.5) is 5.69 Å². The van der Waals surface area contributed by atoms with Crippen molar-refractivity contribution in [2.45, 2.75) is 19.3 Å². The number of carbonyl (C=O) groups is 1. The first-order chi connectivity index (χ1) is 13.0. The van der Waals surface area contributed by atoms with Crippen molar-refractivity contribution in [1.82, 2.24) is 10.1 Å². The molecule has 1 amide bonds. The zero-order chi connectivity index (χ0) is 19.0.